The van der Waals surface area contributed by atoms with E-state index in [2.05, 4.69) is 45.0 Å². The molecule has 1 fully saturated rings. The van der Waals surface area contributed by atoms with Gasteiger partial charge in [0, 0.05) is 13.0 Å². The summed E-state index contributed by atoms with van der Waals surface area (Å²) < 4.78 is 5.83. The van der Waals surface area contributed by atoms with Gasteiger partial charge >= 0.3 is 0 Å². The van der Waals surface area contributed by atoms with Crippen molar-refractivity contribution < 1.29 is 9.84 Å². The molecule has 1 N–H and O–H groups in total. The Morgan fingerprint density at radius 3 is 2.35 bits per heavy atom. The van der Waals surface area contributed by atoms with Crippen LogP contribution in [0.15, 0.2) is 24.3 Å². The minimum absolute atomic E-state index is 0.176. The van der Waals surface area contributed by atoms with Gasteiger partial charge in [-0.2, -0.15) is 0 Å². The molecular formula is C18H28O2. The first-order valence-electron chi connectivity index (χ1n) is 7.73. The van der Waals surface area contributed by atoms with E-state index < -0.39 is 6.10 Å². The fourth-order valence-corrected chi connectivity index (χ4v) is 2.80. The summed E-state index contributed by atoms with van der Waals surface area (Å²) in [6, 6.07) is 8.62. The fourth-order valence-electron chi connectivity index (χ4n) is 2.80. The van der Waals surface area contributed by atoms with Crippen LogP contribution in [0.25, 0.3) is 0 Å². The van der Waals surface area contributed by atoms with Crippen LogP contribution >= 0.6 is 0 Å². The molecule has 0 radical (unpaired) electrons. The predicted octanol–water partition coefficient (Wildman–Crippen LogP) is 3.85. The average Bonchev–Trinajstić information content (AvgIpc) is 2.39. The highest BCUT2D eigenvalue weighted by Crippen LogP contribution is 2.30. The zero-order valence-corrected chi connectivity index (χ0v) is 13.3. The second-order valence-corrected chi connectivity index (χ2v) is 7.29. The number of hydrogen-bond donors (Lipinski definition) is 1. The van der Waals surface area contributed by atoms with Crippen molar-refractivity contribution >= 4 is 0 Å². The standard InChI is InChI=1S/C18H28O2/c1-17(2,3)15-9-7-14(8-10-15)13-16(19)18(4)11-5-6-12-20-18/h7-10,16,19H,5-6,11-13H2,1-4H3. The second kappa shape index (κ2) is 5.87. The van der Waals surface area contributed by atoms with E-state index in [1.807, 2.05) is 6.92 Å². The number of aliphatic hydroxyl groups is 1. The maximum atomic E-state index is 10.5. The van der Waals surface area contributed by atoms with Crippen molar-refractivity contribution in [3.05, 3.63) is 35.4 Å². The zero-order chi connectivity index (χ0) is 14.8. The molecule has 1 heterocycles. The Morgan fingerprint density at radius 2 is 1.85 bits per heavy atom. The molecule has 0 aliphatic carbocycles. The molecule has 2 heteroatoms. The summed E-state index contributed by atoms with van der Waals surface area (Å²) in [5.74, 6) is 0. The number of ether oxygens (including phenoxy) is 1. The highest BCUT2D eigenvalue weighted by atomic mass is 16.5. The van der Waals surface area contributed by atoms with E-state index in [1.54, 1.807) is 0 Å². The van der Waals surface area contributed by atoms with Gasteiger partial charge in [0.2, 0.25) is 0 Å². The number of benzene rings is 1. The van der Waals surface area contributed by atoms with Crippen molar-refractivity contribution in [3.63, 3.8) is 0 Å². The summed E-state index contributed by atoms with van der Waals surface area (Å²) in [6.07, 6.45) is 3.46. The van der Waals surface area contributed by atoms with Gasteiger partial charge < -0.3 is 9.84 Å². The van der Waals surface area contributed by atoms with Crippen molar-refractivity contribution in [3.8, 4) is 0 Å². The molecule has 0 spiro atoms. The van der Waals surface area contributed by atoms with E-state index in [0.717, 1.165) is 25.9 Å². The summed E-state index contributed by atoms with van der Waals surface area (Å²) in [7, 11) is 0. The molecule has 2 nitrogen and oxygen atoms in total. The predicted molar refractivity (Wildman–Crippen MR) is 83.1 cm³/mol. The Balaban J connectivity index is 2.02. The lowest BCUT2D eigenvalue weighted by atomic mass is 9.84. The highest BCUT2D eigenvalue weighted by Gasteiger charge is 2.35. The van der Waals surface area contributed by atoms with Gasteiger partial charge in [-0.15, -0.1) is 0 Å². The van der Waals surface area contributed by atoms with Crippen LogP contribution in [0.3, 0.4) is 0 Å². The van der Waals surface area contributed by atoms with Crippen molar-refractivity contribution in [2.75, 3.05) is 6.61 Å². The van der Waals surface area contributed by atoms with Crippen molar-refractivity contribution in [2.24, 2.45) is 0 Å². The molecule has 0 aromatic heterocycles. The summed E-state index contributed by atoms with van der Waals surface area (Å²) in [5, 5.41) is 10.5. The molecule has 1 aliphatic rings. The lowest BCUT2D eigenvalue weighted by Crippen LogP contribution is -2.45. The number of aliphatic hydroxyl groups excluding tert-OH is 1. The lowest BCUT2D eigenvalue weighted by Gasteiger charge is -2.38. The van der Waals surface area contributed by atoms with Gasteiger partial charge in [-0.05, 0) is 42.7 Å². The molecule has 2 atom stereocenters. The van der Waals surface area contributed by atoms with E-state index in [0.29, 0.717) is 6.42 Å². The van der Waals surface area contributed by atoms with Crippen LogP contribution in [0.1, 0.15) is 58.1 Å². The van der Waals surface area contributed by atoms with Crippen LogP contribution in [0.2, 0.25) is 0 Å². The SMILES string of the molecule is CC(C)(C)c1ccc(CC(O)C2(C)CCCCO2)cc1. The van der Waals surface area contributed by atoms with Crippen molar-refractivity contribution in [1.29, 1.82) is 0 Å². The summed E-state index contributed by atoms with van der Waals surface area (Å²) in [6.45, 7) is 9.46. The van der Waals surface area contributed by atoms with E-state index in [-0.39, 0.29) is 11.0 Å². The van der Waals surface area contributed by atoms with E-state index in [9.17, 15) is 5.11 Å². The van der Waals surface area contributed by atoms with Gasteiger partial charge in [0.05, 0.1) is 11.7 Å². The first-order chi connectivity index (χ1) is 9.31. The molecule has 0 saturated carbocycles. The van der Waals surface area contributed by atoms with Gasteiger partial charge in [0.15, 0.2) is 0 Å². The molecular weight excluding hydrogens is 248 g/mol. The summed E-state index contributed by atoms with van der Waals surface area (Å²) in [4.78, 5) is 0. The molecule has 1 aliphatic heterocycles. The van der Waals surface area contributed by atoms with Gasteiger partial charge in [-0.25, -0.2) is 0 Å². The Labute approximate surface area is 123 Å². The zero-order valence-electron chi connectivity index (χ0n) is 13.3. The van der Waals surface area contributed by atoms with Crippen molar-refractivity contribution in [1.82, 2.24) is 0 Å². The molecule has 112 valence electrons. The third kappa shape index (κ3) is 3.62. The van der Waals surface area contributed by atoms with Gasteiger partial charge in [-0.1, -0.05) is 45.0 Å². The van der Waals surface area contributed by atoms with Crippen LogP contribution in [-0.2, 0) is 16.6 Å². The van der Waals surface area contributed by atoms with Crippen LogP contribution in [0.5, 0.6) is 0 Å². The highest BCUT2D eigenvalue weighted by molar-refractivity contribution is 5.28. The van der Waals surface area contributed by atoms with Gasteiger partial charge in [0.25, 0.3) is 0 Å². The van der Waals surface area contributed by atoms with E-state index >= 15 is 0 Å². The van der Waals surface area contributed by atoms with Gasteiger partial charge in [-0.3, -0.25) is 0 Å². The van der Waals surface area contributed by atoms with Crippen molar-refractivity contribution in [2.45, 2.75) is 70.5 Å². The first kappa shape index (κ1) is 15.5. The van der Waals surface area contributed by atoms with Gasteiger partial charge in [0.1, 0.15) is 0 Å². The molecule has 0 bridgehead atoms. The first-order valence-corrected chi connectivity index (χ1v) is 7.73. The van der Waals surface area contributed by atoms with E-state index in [1.165, 1.54) is 11.1 Å². The largest absolute Gasteiger partial charge is 0.390 e. The summed E-state index contributed by atoms with van der Waals surface area (Å²) >= 11 is 0. The Kier molecular flexibility index (Phi) is 4.55. The number of hydrogen-bond acceptors (Lipinski definition) is 2. The second-order valence-electron chi connectivity index (χ2n) is 7.29. The Hall–Kier alpha value is -0.860. The summed E-state index contributed by atoms with van der Waals surface area (Å²) in [5.41, 5.74) is 2.31. The van der Waals surface area contributed by atoms with Crippen LogP contribution < -0.4 is 0 Å². The quantitative estimate of drug-likeness (QED) is 0.908. The average molecular weight is 276 g/mol. The molecule has 1 aromatic rings. The molecule has 20 heavy (non-hydrogen) atoms. The Morgan fingerprint density at radius 1 is 1.20 bits per heavy atom. The lowest BCUT2D eigenvalue weighted by molar-refractivity contribution is -0.135. The monoisotopic (exact) mass is 276 g/mol. The number of rotatable bonds is 3. The molecule has 1 aromatic carbocycles. The Bertz CT molecular complexity index is 422. The normalized spacial score (nSPS) is 25.4. The molecule has 2 unspecified atom stereocenters. The minimum atomic E-state index is -0.428. The minimum Gasteiger partial charge on any atom is -0.390 e. The van der Waals surface area contributed by atoms with E-state index in [4.69, 9.17) is 4.74 Å². The third-order valence-corrected chi connectivity index (χ3v) is 4.45. The maximum absolute atomic E-state index is 10.5. The third-order valence-electron chi connectivity index (χ3n) is 4.45. The smallest absolute Gasteiger partial charge is 0.0915 e. The maximum Gasteiger partial charge on any atom is 0.0915 e. The van der Waals surface area contributed by atoms with Crippen LogP contribution in [0, 0.1) is 0 Å². The molecule has 0 amide bonds. The fraction of sp³-hybridized carbons (Fsp3) is 0.667. The molecule has 2 rings (SSSR count). The topological polar surface area (TPSA) is 29.5 Å². The van der Waals surface area contributed by atoms with Crippen LogP contribution in [-0.4, -0.2) is 23.4 Å². The van der Waals surface area contributed by atoms with Crippen LogP contribution in [0.4, 0.5) is 0 Å². The molecule has 1 saturated heterocycles.